The van der Waals surface area contributed by atoms with Crippen molar-refractivity contribution in [3.8, 4) is 0 Å². The van der Waals surface area contributed by atoms with Crippen molar-refractivity contribution in [2.75, 3.05) is 0 Å². The van der Waals surface area contributed by atoms with Gasteiger partial charge in [-0.3, -0.25) is 0 Å². The number of nitrogens with zero attached hydrogens (tertiary/aromatic N) is 2. The lowest BCUT2D eigenvalue weighted by Gasteiger charge is -2.20. The molecule has 1 fully saturated rings. The number of hydrogen-bond donors (Lipinski definition) is 1. The van der Waals surface area contributed by atoms with Gasteiger partial charge < -0.3 is 4.42 Å². The highest BCUT2D eigenvalue weighted by Gasteiger charge is 2.32. The molecule has 0 saturated heterocycles. The molecule has 1 heterocycles. The third-order valence-electron chi connectivity index (χ3n) is 3.59. The van der Waals surface area contributed by atoms with Crippen molar-refractivity contribution in [3.63, 3.8) is 0 Å². The minimum atomic E-state index is -3.32. The first-order valence-electron chi connectivity index (χ1n) is 7.19. The number of aryl methyl sites for hydroxylation is 1. The van der Waals surface area contributed by atoms with Crippen molar-refractivity contribution in [1.82, 2.24) is 14.9 Å². The predicted molar refractivity (Wildman–Crippen MR) is 75.5 cm³/mol. The van der Waals surface area contributed by atoms with Crippen molar-refractivity contribution >= 4 is 10.0 Å². The molecule has 1 aliphatic rings. The summed E-state index contributed by atoms with van der Waals surface area (Å²) in [4.78, 5) is 0. The van der Waals surface area contributed by atoms with Gasteiger partial charge in [0.1, 0.15) is 6.04 Å². The smallest absolute Gasteiger partial charge is 0.234 e. The number of hydrogen-bond acceptors (Lipinski definition) is 5. The Hall–Kier alpha value is -0.950. The molecule has 0 radical (unpaired) electrons. The van der Waals surface area contributed by atoms with E-state index in [1.54, 1.807) is 6.92 Å². The van der Waals surface area contributed by atoms with Gasteiger partial charge in [-0.15, -0.1) is 10.2 Å². The van der Waals surface area contributed by atoms with Crippen LogP contribution in [-0.2, 0) is 10.0 Å². The molecule has 0 aliphatic heterocycles. The molecule has 0 aromatic carbocycles. The molecule has 0 spiro atoms. The molecule has 0 amide bonds. The zero-order chi connectivity index (χ0) is 14.8. The first kappa shape index (κ1) is 15.4. The van der Waals surface area contributed by atoms with Gasteiger partial charge in [0, 0.05) is 6.92 Å². The number of sulfonamides is 1. The Morgan fingerprint density at radius 3 is 2.45 bits per heavy atom. The second-order valence-corrected chi connectivity index (χ2v) is 7.90. The maximum atomic E-state index is 12.4. The molecule has 1 saturated carbocycles. The van der Waals surface area contributed by atoms with Gasteiger partial charge in [-0.25, -0.2) is 13.1 Å². The molecule has 1 aromatic heterocycles. The Bertz CT molecular complexity index is 533. The van der Waals surface area contributed by atoms with E-state index in [1.807, 2.05) is 13.8 Å². The fourth-order valence-electron chi connectivity index (χ4n) is 2.62. The summed E-state index contributed by atoms with van der Waals surface area (Å²) in [5.41, 5.74) is 0. The van der Waals surface area contributed by atoms with Crippen molar-refractivity contribution in [3.05, 3.63) is 11.8 Å². The molecule has 1 N–H and O–H groups in total. The monoisotopic (exact) mass is 301 g/mol. The van der Waals surface area contributed by atoms with Crippen LogP contribution in [0.5, 0.6) is 0 Å². The predicted octanol–water partition coefficient (Wildman–Crippen LogP) is 2.33. The summed E-state index contributed by atoms with van der Waals surface area (Å²) in [7, 11) is -3.32. The van der Waals surface area contributed by atoms with Crippen molar-refractivity contribution in [1.29, 1.82) is 0 Å². The summed E-state index contributed by atoms with van der Waals surface area (Å²) in [6.45, 7) is 5.79. The summed E-state index contributed by atoms with van der Waals surface area (Å²) < 4.78 is 33.0. The topological polar surface area (TPSA) is 85.1 Å². The third-order valence-corrected chi connectivity index (χ3v) is 5.56. The molecular formula is C13H23N3O3S. The van der Waals surface area contributed by atoms with E-state index in [9.17, 15) is 8.42 Å². The maximum absolute atomic E-state index is 12.4. The number of rotatable bonds is 6. The highest BCUT2D eigenvalue weighted by molar-refractivity contribution is 7.90. The van der Waals surface area contributed by atoms with E-state index in [0.29, 0.717) is 24.1 Å². The Kier molecular flexibility index (Phi) is 4.80. The largest absolute Gasteiger partial charge is 0.424 e. The Labute approximate surface area is 120 Å². The lowest BCUT2D eigenvalue weighted by atomic mass is 10.0. The van der Waals surface area contributed by atoms with Gasteiger partial charge in [0.05, 0.1) is 5.25 Å². The van der Waals surface area contributed by atoms with Crippen LogP contribution in [0.25, 0.3) is 0 Å². The quantitative estimate of drug-likeness (QED) is 0.871. The highest BCUT2D eigenvalue weighted by Crippen LogP contribution is 2.27. The summed E-state index contributed by atoms with van der Waals surface area (Å²) >= 11 is 0. The average Bonchev–Trinajstić information content (AvgIpc) is 2.97. The van der Waals surface area contributed by atoms with E-state index in [0.717, 1.165) is 25.7 Å². The molecule has 1 aliphatic carbocycles. The number of nitrogens with one attached hydrogen (secondary N) is 1. The van der Waals surface area contributed by atoms with Crippen LogP contribution in [0.4, 0.5) is 0 Å². The summed E-state index contributed by atoms with van der Waals surface area (Å²) in [6, 6.07) is -0.429. The molecule has 7 heteroatoms. The van der Waals surface area contributed by atoms with Crippen LogP contribution in [0.1, 0.15) is 63.8 Å². The Morgan fingerprint density at radius 1 is 1.30 bits per heavy atom. The van der Waals surface area contributed by atoms with Gasteiger partial charge in [-0.2, -0.15) is 0 Å². The molecule has 20 heavy (non-hydrogen) atoms. The van der Waals surface area contributed by atoms with Gasteiger partial charge >= 0.3 is 0 Å². The first-order chi connectivity index (χ1) is 9.38. The molecule has 6 nitrogen and oxygen atoms in total. The normalized spacial score (nSPS) is 18.8. The fourth-order valence-corrected chi connectivity index (χ4v) is 4.36. The zero-order valence-electron chi connectivity index (χ0n) is 12.3. The summed E-state index contributed by atoms with van der Waals surface area (Å²) in [5, 5.41) is 7.48. The van der Waals surface area contributed by atoms with Crippen molar-refractivity contribution < 1.29 is 12.8 Å². The van der Waals surface area contributed by atoms with Crippen LogP contribution in [0, 0.1) is 12.8 Å². The minimum Gasteiger partial charge on any atom is -0.424 e. The van der Waals surface area contributed by atoms with Gasteiger partial charge in [0.2, 0.25) is 21.8 Å². The number of aromatic nitrogens is 2. The molecule has 1 aromatic rings. The van der Waals surface area contributed by atoms with Gasteiger partial charge in [-0.05, 0) is 25.2 Å². The highest BCUT2D eigenvalue weighted by atomic mass is 32.2. The molecule has 2 rings (SSSR count). The standard InChI is InChI=1S/C13H23N3O3S/c1-9(2)8-12(13-15-14-10(3)19-13)16-20(17,18)11-6-4-5-7-11/h9,11-12,16H,4-8H2,1-3H3. The van der Waals surface area contributed by atoms with Crippen LogP contribution in [0.3, 0.4) is 0 Å². The minimum absolute atomic E-state index is 0.277. The third kappa shape index (κ3) is 3.79. The Balaban J connectivity index is 2.15. The summed E-state index contributed by atoms with van der Waals surface area (Å²) in [6.07, 6.45) is 4.10. The first-order valence-corrected chi connectivity index (χ1v) is 8.74. The lowest BCUT2D eigenvalue weighted by molar-refractivity contribution is 0.371. The van der Waals surface area contributed by atoms with Gasteiger partial charge in [0.15, 0.2) is 0 Å². The molecule has 0 bridgehead atoms. The second kappa shape index (κ2) is 6.22. The maximum Gasteiger partial charge on any atom is 0.234 e. The van der Waals surface area contributed by atoms with Crippen LogP contribution in [-0.4, -0.2) is 23.9 Å². The van der Waals surface area contributed by atoms with E-state index < -0.39 is 16.1 Å². The van der Waals surface area contributed by atoms with Crippen LogP contribution >= 0.6 is 0 Å². The van der Waals surface area contributed by atoms with Crippen molar-refractivity contribution in [2.45, 2.75) is 64.2 Å². The van der Waals surface area contributed by atoms with Gasteiger partial charge in [0.25, 0.3) is 0 Å². The SMILES string of the molecule is Cc1nnc(C(CC(C)C)NS(=O)(=O)C2CCCC2)o1. The molecule has 114 valence electrons. The van der Waals surface area contributed by atoms with E-state index in [-0.39, 0.29) is 5.25 Å². The van der Waals surface area contributed by atoms with E-state index in [1.165, 1.54) is 0 Å². The zero-order valence-corrected chi connectivity index (χ0v) is 13.1. The second-order valence-electron chi connectivity index (χ2n) is 5.91. The van der Waals surface area contributed by atoms with E-state index >= 15 is 0 Å². The van der Waals surface area contributed by atoms with Crippen LogP contribution in [0.2, 0.25) is 0 Å². The Morgan fingerprint density at radius 2 is 1.95 bits per heavy atom. The van der Waals surface area contributed by atoms with Gasteiger partial charge in [-0.1, -0.05) is 26.7 Å². The van der Waals surface area contributed by atoms with E-state index in [4.69, 9.17) is 4.42 Å². The van der Waals surface area contributed by atoms with E-state index in [2.05, 4.69) is 14.9 Å². The average molecular weight is 301 g/mol. The molecule has 1 unspecified atom stereocenters. The fraction of sp³-hybridized carbons (Fsp3) is 0.846. The van der Waals surface area contributed by atoms with Crippen LogP contribution in [0.15, 0.2) is 4.42 Å². The molecule has 1 atom stereocenters. The molecular weight excluding hydrogens is 278 g/mol. The summed E-state index contributed by atoms with van der Waals surface area (Å²) in [5.74, 6) is 1.14. The van der Waals surface area contributed by atoms with Crippen molar-refractivity contribution in [2.24, 2.45) is 5.92 Å². The van der Waals surface area contributed by atoms with Crippen LogP contribution < -0.4 is 4.72 Å². The lowest BCUT2D eigenvalue weighted by Crippen LogP contribution is -2.36.